The van der Waals surface area contributed by atoms with Gasteiger partial charge in [0.25, 0.3) is 0 Å². The van der Waals surface area contributed by atoms with Gasteiger partial charge in [0.1, 0.15) is 11.9 Å². The second-order valence-electron chi connectivity index (χ2n) is 3.66. The van der Waals surface area contributed by atoms with E-state index in [-0.39, 0.29) is 16.6 Å². The number of benzene rings is 1. The molecule has 0 saturated heterocycles. The molecule has 0 aliphatic rings. The molecule has 1 heterocycles. The second-order valence-corrected chi connectivity index (χ2v) is 5.45. The lowest BCUT2D eigenvalue weighted by Crippen LogP contribution is -2.11. The van der Waals surface area contributed by atoms with Gasteiger partial charge in [0.05, 0.1) is 15.7 Å². The molecule has 0 spiro atoms. The Morgan fingerprint density at radius 2 is 2.00 bits per heavy atom. The minimum atomic E-state index is -0.651. The van der Waals surface area contributed by atoms with E-state index in [1.54, 1.807) is 0 Å². The van der Waals surface area contributed by atoms with Gasteiger partial charge in [-0.1, -0.05) is 29.3 Å². The summed E-state index contributed by atoms with van der Waals surface area (Å²) in [7, 11) is 0. The first-order valence-electron chi connectivity index (χ1n) is 5.18. The fourth-order valence-corrected chi connectivity index (χ4v) is 2.80. The van der Waals surface area contributed by atoms with Gasteiger partial charge >= 0.3 is 0 Å². The normalized spacial score (nSPS) is 12.4. The molecule has 0 amide bonds. The number of aliphatic hydroxyl groups excluding tert-OH is 1. The maximum absolute atomic E-state index is 13.0. The molecule has 2 nitrogen and oxygen atoms in total. The van der Waals surface area contributed by atoms with Crippen LogP contribution in [0.1, 0.15) is 11.0 Å². The summed E-state index contributed by atoms with van der Waals surface area (Å²) in [6.45, 7) is 0.256. The van der Waals surface area contributed by atoms with Crippen LogP contribution in [-0.4, -0.2) is 11.7 Å². The van der Waals surface area contributed by atoms with Crippen LogP contribution in [0.2, 0.25) is 10.0 Å². The van der Waals surface area contributed by atoms with Gasteiger partial charge in [-0.25, -0.2) is 4.39 Å². The van der Waals surface area contributed by atoms with Crippen LogP contribution in [0.5, 0.6) is 0 Å². The number of anilines is 1. The minimum absolute atomic E-state index is 0.193. The maximum Gasteiger partial charge on any atom is 0.126 e. The zero-order valence-corrected chi connectivity index (χ0v) is 11.5. The van der Waals surface area contributed by atoms with E-state index in [1.807, 2.05) is 17.5 Å². The van der Waals surface area contributed by atoms with Crippen molar-refractivity contribution >= 4 is 40.2 Å². The van der Waals surface area contributed by atoms with Gasteiger partial charge in [-0.2, -0.15) is 0 Å². The van der Waals surface area contributed by atoms with Crippen LogP contribution in [0.4, 0.5) is 10.1 Å². The highest BCUT2D eigenvalue weighted by molar-refractivity contribution is 7.10. The molecule has 1 aromatic carbocycles. The minimum Gasteiger partial charge on any atom is -0.386 e. The Labute approximate surface area is 118 Å². The SMILES string of the molecule is OC(CNc1c(Cl)cc(F)cc1Cl)c1cccs1. The Hall–Kier alpha value is -0.810. The van der Waals surface area contributed by atoms with Crippen molar-refractivity contribution in [3.8, 4) is 0 Å². The second kappa shape index (κ2) is 5.89. The molecule has 6 heteroatoms. The summed E-state index contributed by atoms with van der Waals surface area (Å²) in [6, 6.07) is 6.05. The van der Waals surface area contributed by atoms with Crippen molar-refractivity contribution in [3.05, 3.63) is 50.4 Å². The van der Waals surface area contributed by atoms with Crippen LogP contribution in [-0.2, 0) is 0 Å². The van der Waals surface area contributed by atoms with Crippen molar-refractivity contribution in [2.75, 3.05) is 11.9 Å². The first-order chi connectivity index (χ1) is 8.58. The van der Waals surface area contributed by atoms with E-state index in [2.05, 4.69) is 5.32 Å². The van der Waals surface area contributed by atoms with E-state index in [4.69, 9.17) is 23.2 Å². The molecule has 1 unspecified atom stereocenters. The van der Waals surface area contributed by atoms with Crippen LogP contribution in [0.3, 0.4) is 0 Å². The lowest BCUT2D eigenvalue weighted by atomic mass is 10.2. The summed E-state index contributed by atoms with van der Waals surface area (Å²) in [5.41, 5.74) is 0.426. The largest absolute Gasteiger partial charge is 0.386 e. The topological polar surface area (TPSA) is 32.3 Å². The van der Waals surface area contributed by atoms with Crippen LogP contribution >= 0.6 is 34.5 Å². The molecular weight excluding hydrogens is 296 g/mol. The molecule has 0 radical (unpaired) electrons. The fraction of sp³-hybridized carbons (Fsp3) is 0.167. The standard InChI is InChI=1S/C12H10Cl2FNOS/c13-8-4-7(15)5-9(14)12(8)16-6-10(17)11-2-1-3-18-11/h1-5,10,16-17H,6H2. The lowest BCUT2D eigenvalue weighted by molar-refractivity contribution is 0.195. The summed E-state index contributed by atoms with van der Waals surface area (Å²) >= 11 is 13.2. The van der Waals surface area contributed by atoms with Crippen molar-refractivity contribution in [1.29, 1.82) is 0 Å². The molecule has 0 saturated carbocycles. The smallest absolute Gasteiger partial charge is 0.126 e. The Kier molecular flexibility index (Phi) is 4.45. The highest BCUT2D eigenvalue weighted by Gasteiger charge is 2.12. The monoisotopic (exact) mass is 305 g/mol. The van der Waals surface area contributed by atoms with Crippen LogP contribution in [0, 0.1) is 5.82 Å². The van der Waals surface area contributed by atoms with Crippen LogP contribution in [0.25, 0.3) is 0 Å². The molecule has 0 fully saturated rings. The number of aliphatic hydroxyl groups is 1. The maximum atomic E-state index is 13.0. The molecule has 1 aromatic heterocycles. The van der Waals surface area contributed by atoms with Crippen molar-refractivity contribution < 1.29 is 9.50 Å². The molecule has 0 aliphatic heterocycles. The van der Waals surface area contributed by atoms with E-state index in [1.165, 1.54) is 23.5 Å². The highest BCUT2D eigenvalue weighted by Crippen LogP contribution is 2.32. The fourth-order valence-electron chi connectivity index (χ4n) is 1.49. The number of nitrogens with one attached hydrogen (secondary N) is 1. The zero-order chi connectivity index (χ0) is 13.1. The van der Waals surface area contributed by atoms with Crippen molar-refractivity contribution in [3.63, 3.8) is 0 Å². The first-order valence-corrected chi connectivity index (χ1v) is 6.81. The number of halogens is 3. The number of rotatable bonds is 4. The van der Waals surface area contributed by atoms with Gasteiger partial charge in [0.2, 0.25) is 0 Å². The van der Waals surface area contributed by atoms with Gasteiger partial charge in [-0.15, -0.1) is 11.3 Å². The van der Waals surface area contributed by atoms with Gasteiger partial charge in [-0.05, 0) is 23.6 Å². The average molecular weight is 306 g/mol. The Morgan fingerprint density at radius 3 is 2.56 bits per heavy atom. The van der Waals surface area contributed by atoms with Gasteiger partial charge < -0.3 is 10.4 Å². The molecule has 0 bridgehead atoms. The van der Waals surface area contributed by atoms with Crippen LogP contribution in [0.15, 0.2) is 29.6 Å². The molecule has 2 aromatic rings. The molecule has 2 N–H and O–H groups in total. The third-order valence-corrected chi connectivity index (χ3v) is 3.92. The van der Waals surface area contributed by atoms with Crippen molar-refractivity contribution in [1.82, 2.24) is 0 Å². The third kappa shape index (κ3) is 3.14. The Bertz CT molecular complexity index is 510. The van der Waals surface area contributed by atoms with Crippen LogP contribution < -0.4 is 5.32 Å². The summed E-state index contributed by atoms with van der Waals surface area (Å²) in [4.78, 5) is 0.844. The summed E-state index contributed by atoms with van der Waals surface area (Å²) < 4.78 is 13.0. The third-order valence-electron chi connectivity index (χ3n) is 2.35. The van der Waals surface area contributed by atoms with E-state index < -0.39 is 11.9 Å². The Balaban J connectivity index is 2.07. The van der Waals surface area contributed by atoms with E-state index in [0.717, 1.165) is 4.88 Å². The molecule has 96 valence electrons. The predicted molar refractivity (Wildman–Crippen MR) is 74.2 cm³/mol. The molecule has 1 atom stereocenters. The quantitative estimate of drug-likeness (QED) is 0.880. The van der Waals surface area contributed by atoms with E-state index >= 15 is 0 Å². The lowest BCUT2D eigenvalue weighted by Gasteiger charge is -2.13. The summed E-state index contributed by atoms with van der Waals surface area (Å²) in [6.07, 6.45) is -0.651. The summed E-state index contributed by atoms with van der Waals surface area (Å²) in [5, 5.41) is 15.1. The number of hydrogen-bond donors (Lipinski definition) is 2. The molecular formula is C12H10Cl2FNOS. The average Bonchev–Trinajstić information content (AvgIpc) is 2.80. The van der Waals surface area contributed by atoms with Crippen molar-refractivity contribution in [2.45, 2.75) is 6.10 Å². The first kappa shape index (κ1) is 13.6. The molecule has 0 aliphatic carbocycles. The van der Waals surface area contributed by atoms with E-state index in [0.29, 0.717) is 5.69 Å². The number of hydrogen-bond acceptors (Lipinski definition) is 3. The van der Waals surface area contributed by atoms with Crippen molar-refractivity contribution in [2.24, 2.45) is 0 Å². The van der Waals surface area contributed by atoms with Gasteiger partial charge in [0.15, 0.2) is 0 Å². The van der Waals surface area contributed by atoms with Gasteiger partial charge in [-0.3, -0.25) is 0 Å². The highest BCUT2D eigenvalue weighted by atomic mass is 35.5. The Morgan fingerprint density at radius 1 is 1.33 bits per heavy atom. The predicted octanol–water partition coefficient (Wildman–Crippen LogP) is 4.34. The summed E-state index contributed by atoms with van der Waals surface area (Å²) in [5.74, 6) is -0.491. The molecule has 2 rings (SSSR count). The van der Waals surface area contributed by atoms with E-state index in [9.17, 15) is 9.50 Å². The van der Waals surface area contributed by atoms with Gasteiger partial charge in [0, 0.05) is 11.4 Å². The zero-order valence-electron chi connectivity index (χ0n) is 9.16. The number of thiophene rings is 1. The molecule has 18 heavy (non-hydrogen) atoms.